The van der Waals surface area contributed by atoms with Gasteiger partial charge in [-0.2, -0.15) is 5.10 Å². The summed E-state index contributed by atoms with van der Waals surface area (Å²) in [7, 11) is 0. The molecule has 0 unspecified atom stereocenters. The third-order valence-corrected chi connectivity index (χ3v) is 3.76. The maximum absolute atomic E-state index is 12.1. The summed E-state index contributed by atoms with van der Waals surface area (Å²) in [5, 5.41) is 9.87. The van der Waals surface area contributed by atoms with E-state index >= 15 is 0 Å². The van der Waals surface area contributed by atoms with Gasteiger partial charge < -0.3 is 10.3 Å². The predicted molar refractivity (Wildman–Crippen MR) is 77.1 cm³/mol. The molecular formula is C13H17N5OS. The Labute approximate surface area is 121 Å². The Balaban J connectivity index is 1.72. The molecule has 0 radical (unpaired) electrons. The molecule has 20 heavy (non-hydrogen) atoms. The van der Waals surface area contributed by atoms with Gasteiger partial charge in [0.15, 0.2) is 10.6 Å². The maximum Gasteiger partial charge on any atom is 0.268 e. The molecule has 0 saturated heterocycles. The standard InChI is InChI=1S/C13H17N5OS/c1-7-5-8(2)15-11(7)12(19)14-6-10-16-17-13(20)18(10)9-3-4-9/h5,9,15H,3-4,6H2,1-2H3,(H,14,19)(H,17,20). The number of rotatable bonds is 4. The molecule has 0 aliphatic heterocycles. The SMILES string of the molecule is Cc1cc(C)c(C(=O)NCc2n[nH]c(=S)n2C2CC2)[nH]1. The van der Waals surface area contributed by atoms with Crippen LogP contribution in [0, 0.1) is 18.6 Å². The number of amides is 1. The molecule has 1 amide bonds. The van der Waals surface area contributed by atoms with E-state index < -0.39 is 0 Å². The van der Waals surface area contributed by atoms with E-state index in [1.807, 2.05) is 24.5 Å². The highest BCUT2D eigenvalue weighted by atomic mass is 32.1. The molecule has 2 aromatic rings. The molecule has 0 bridgehead atoms. The van der Waals surface area contributed by atoms with Crippen LogP contribution in [-0.2, 0) is 6.54 Å². The molecule has 1 saturated carbocycles. The number of nitrogens with zero attached hydrogens (tertiary/aromatic N) is 2. The lowest BCUT2D eigenvalue weighted by Gasteiger charge is -2.06. The molecule has 3 N–H and O–H groups in total. The van der Waals surface area contributed by atoms with E-state index in [0.29, 0.717) is 23.1 Å². The van der Waals surface area contributed by atoms with Crippen molar-refractivity contribution in [1.82, 2.24) is 25.1 Å². The largest absolute Gasteiger partial charge is 0.354 e. The summed E-state index contributed by atoms with van der Waals surface area (Å²) in [4.78, 5) is 15.2. The molecule has 0 spiro atoms. The number of nitrogens with one attached hydrogen (secondary N) is 3. The summed E-state index contributed by atoms with van der Waals surface area (Å²) in [5.41, 5.74) is 2.53. The molecule has 0 atom stereocenters. The Bertz CT molecular complexity index is 707. The third-order valence-electron chi connectivity index (χ3n) is 3.47. The fourth-order valence-corrected chi connectivity index (χ4v) is 2.68. The van der Waals surface area contributed by atoms with E-state index in [1.54, 1.807) is 0 Å². The summed E-state index contributed by atoms with van der Waals surface area (Å²) >= 11 is 5.21. The van der Waals surface area contributed by atoms with Crippen LogP contribution in [0.1, 0.15) is 46.5 Å². The van der Waals surface area contributed by atoms with E-state index in [9.17, 15) is 4.79 Å². The lowest BCUT2D eigenvalue weighted by atomic mass is 10.2. The molecular weight excluding hydrogens is 274 g/mol. The van der Waals surface area contributed by atoms with Crippen molar-refractivity contribution in [2.45, 2.75) is 39.3 Å². The van der Waals surface area contributed by atoms with Gasteiger partial charge in [0.05, 0.1) is 6.54 Å². The summed E-state index contributed by atoms with van der Waals surface area (Å²) in [6.45, 7) is 4.22. The summed E-state index contributed by atoms with van der Waals surface area (Å²) < 4.78 is 2.63. The normalized spacial score (nSPS) is 14.5. The first kappa shape index (κ1) is 13.1. The molecule has 2 aromatic heterocycles. The van der Waals surface area contributed by atoms with Crippen LogP contribution in [-0.4, -0.2) is 25.7 Å². The van der Waals surface area contributed by atoms with E-state index in [2.05, 4.69) is 20.5 Å². The van der Waals surface area contributed by atoms with E-state index in [1.165, 1.54) is 0 Å². The smallest absolute Gasteiger partial charge is 0.268 e. The van der Waals surface area contributed by atoms with Crippen molar-refractivity contribution in [2.75, 3.05) is 0 Å². The Morgan fingerprint density at radius 1 is 1.55 bits per heavy atom. The first-order valence-corrected chi connectivity index (χ1v) is 7.07. The van der Waals surface area contributed by atoms with Crippen LogP contribution in [0.5, 0.6) is 0 Å². The number of aryl methyl sites for hydroxylation is 2. The van der Waals surface area contributed by atoms with Gasteiger partial charge in [-0.3, -0.25) is 14.5 Å². The second-order valence-corrected chi connectivity index (χ2v) is 5.63. The van der Waals surface area contributed by atoms with Crippen LogP contribution in [0.15, 0.2) is 6.07 Å². The average Bonchev–Trinajstić information content (AvgIpc) is 3.08. The van der Waals surface area contributed by atoms with Gasteiger partial charge in [-0.25, -0.2) is 0 Å². The maximum atomic E-state index is 12.1. The van der Waals surface area contributed by atoms with Crippen LogP contribution in [0.4, 0.5) is 0 Å². The Kier molecular flexibility index (Phi) is 3.21. The minimum Gasteiger partial charge on any atom is -0.354 e. The van der Waals surface area contributed by atoms with Crippen LogP contribution >= 0.6 is 12.2 Å². The number of carbonyl (C=O) groups excluding carboxylic acids is 1. The van der Waals surface area contributed by atoms with E-state index in [-0.39, 0.29) is 5.91 Å². The summed E-state index contributed by atoms with van der Waals surface area (Å²) in [6, 6.07) is 2.40. The van der Waals surface area contributed by atoms with Crippen molar-refractivity contribution in [1.29, 1.82) is 0 Å². The highest BCUT2D eigenvalue weighted by molar-refractivity contribution is 7.71. The molecule has 3 rings (SSSR count). The molecule has 106 valence electrons. The van der Waals surface area contributed by atoms with Crippen LogP contribution in [0.3, 0.4) is 0 Å². The van der Waals surface area contributed by atoms with Gasteiger partial charge in [0, 0.05) is 11.7 Å². The zero-order valence-corrected chi connectivity index (χ0v) is 12.3. The van der Waals surface area contributed by atoms with Gasteiger partial charge in [-0.15, -0.1) is 0 Å². The van der Waals surface area contributed by atoms with Gasteiger partial charge in [0.25, 0.3) is 5.91 Å². The lowest BCUT2D eigenvalue weighted by Crippen LogP contribution is -2.25. The van der Waals surface area contributed by atoms with Gasteiger partial charge >= 0.3 is 0 Å². The van der Waals surface area contributed by atoms with Crippen molar-refractivity contribution in [3.63, 3.8) is 0 Å². The number of hydrogen-bond acceptors (Lipinski definition) is 3. The van der Waals surface area contributed by atoms with Crippen molar-refractivity contribution in [2.24, 2.45) is 0 Å². The first-order chi connectivity index (χ1) is 9.56. The highest BCUT2D eigenvalue weighted by Crippen LogP contribution is 2.35. The number of aromatic nitrogens is 4. The van der Waals surface area contributed by atoms with Gasteiger partial charge in [-0.05, 0) is 50.5 Å². The minimum absolute atomic E-state index is 0.119. The van der Waals surface area contributed by atoms with Crippen molar-refractivity contribution in [3.8, 4) is 0 Å². The third kappa shape index (κ3) is 2.40. The van der Waals surface area contributed by atoms with Crippen LogP contribution in [0.25, 0.3) is 0 Å². The molecule has 0 aromatic carbocycles. The second-order valence-electron chi connectivity index (χ2n) is 5.24. The van der Waals surface area contributed by atoms with Crippen molar-refractivity contribution >= 4 is 18.1 Å². The quantitative estimate of drug-likeness (QED) is 0.755. The number of carbonyl (C=O) groups is 1. The average molecular weight is 291 g/mol. The molecule has 2 heterocycles. The number of H-pyrrole nitrogens is 2. The molecule has 6 nitrogen and oxygen atoms in total. The molecule has 1 aliphatic carbocycles. The zero-order chi connectivity index (χ0) is 14.3. The van der Waals surface area contributed by atoms with Crippen LogP contribution < -0.4 is 5.32 Å². The lowest BCUT2D eigenvalue weighted by molar-refractivity contribution is 0.0944. The summed E-state index contributed by atoms with van der Waals surface area (Å²) in [6.07, 6.45) is 2.26. The molecule has 1 fully saturated rings. The van der Waals surface area contributed by atoms with Gasteiger partial charge in [0.1, 0.15) is 5.69 Å². The van der Waals surface area contributed by atoms with Gasteiger partial charge in [-0.1, -0.05) is 0 Å². The molecule has 7 heteroatoms. The van der Waals surface area contributed by atoms with E-state index in [0.717, 1.165) is 29.9 Å². The zero-order valence-electron chi connectivity index (χ0n) is 11.5. The fraction of sp³-hybridized carbons (Fsp3) is 0.462. The topological polar surface area (TPSA) is 78.5 Å². The Morgan fingerprint density at radius 3 is 2.90 bits per heavy atom. The Hall–Kier alpha value is -1.89. The predicted octanol–water partition coefficient (Wildman–Crippen LogP) is 2.15. The Morgan fingerprint density at radius 2 is 2.30 bits per heavy atom. The van der Waals surface area contributed by atoms with Crippen LogP contribution in [0.2, 0.25) is 0 Å². The highest BCUT2D eigenvalue weighted by Gasteiger charge is 2.27. The number of hydrogen-bond donors (Lipinski definition) is 3. The van der Waals surface area contributed by atoms with Crippen molar-refractivity contribution in [3.05, 3.63) is 33.6 Å². The summed E-state index contributed by atoms with van der Waals surface area (Å²) in [5.74, 6) is 0.665. The van der Waals surface area contributed by atoms with E-state index in [4.69, 9.17) is 12.2 Å². The monoisotopic (exact) mass is 291 g/mol. The molecule has 1 aliphatic rings. The van der Waals surface area contributed by atoms with Crippen molar-refractivity contribution < 1.29 is 4.79 Å². The van der Waals surface area contributed by atoms with Gasteiger partial charge in [0.2, 0.25) is 0 Å². The number of aromatic amines is 2. The minimum atomic E-state index is -0.119. The first-order valence-electron chi connectivity index (χ1n) is 6.66. The fourth-order valence-electron chi connectivity index (χ4n) is 2.38. The second kappa shape index (κ2) is 4.90.